The molecular weight excluding hydrogens is 380 g/mol. The lowest BCUT2D eigenvalue weighted by Gasteiger charge is -2.39. The second-order valence-electron chi connectivity index (χ2n) is 8.99. The van der Waals surface area contributed by atoms with Crippen molar-refractivity contribution in [3.8, 4) is 0 Å². The number of hydrogen-bond donors (Lipinski definition) is 0. The minimum atomic E-state index is -3.41. The molecule has 2 saturated carbocycles. The summed E-state index contributed by atoms with van der Waals surface area (Å²) in [6, 6.07) is 4.23. The molecule has 0 aromatic carbocycles. The maximum absolute atomic E-state index is 13.2. The molecular formula is C20H30N2O3S2. The number of carbonyl (C=O) groups is 1. The first-order valence-corrected chi connectivity index (χ1v) is 12.5. The minimum Gasteiger partial charge on any atom is -0.300 e. The van der Waals surface area contributed by atoms with Gasteiger partial charge in [0.1, 0.15) is 5.78 Å². The Balaban J connectivity index is 1.37. The van der Waals surface area contributed by atoms with Crippen molar-refractivity contribution < 1.29 is 13.2 Å². The lowest BCUT2D eigenvalue weighted by molar-refractivity contribution is -0.128. The topological polar surface area (TPSA) is 57.7 Å². The first-order chi connectivity index (χ1) is 12.7. The van der Waals surface area contributed by atoms with Gasteiger partial charge in [-0.2, -0.15) is 4.31 Å². The number of sulfonamides is 1. The molecule has 1 saturated heterocycles. The molecule has 2 atom stereocenters. The third kappa shape index (κ3) is 3.30. The third-order valence-corrected chi connectivity index (χ3v) is 10.5. The third-order valence-electron chi connectivity index (χ3n) is 7.55. The Morgan fingerprint density at radius 2 is 1.96 bits per heavy atom. The van der Waals surface area contributed by atoms with E-state index in [2.05, 4.69) is 36.3 Å². The molecule has 0 N–H and O–H groups in total. The molecule has 5 nitrogen and oxygen atoms in total. The van der Waals surface area contributed by atoms with Gasteiger partial charge in [-0.3, -0.25) is 4.79 Å². The van der Waals surface area contributed by atoms with E-state index in [-0.39, 0.29) is 17.0 Å². The van der Waals surface area contributed by atoms with Crippen molar-refractivity contribution in [2.24, 2.45) is 16.7 Å². The van der Waals surface area contributed by atoms with Crippen LogP contribution in [0.1, 0.15) is 38.0 Å². The zero-order valence-electron chi connectivity index (χ0n) is 16.3. The van der Waals surface area contributed by atoms with Crippen LogP contribution in [0.3, 0.4) is 0 Å². The fourth-order valence-electron chi connectivity index (χ4n) is 5.47. The Labute approximate surface area is 166 Å². The maximum atomic E-state index is 13.2. The fourth-order valence-corrected chi connectivity index (χ4v) is 8.37. The highest BCUT2D eigenvalue weighted by atomic mass is 32.2. The Kier molecular flexibility index (Phi) is 5.02. The summed E-state index contributed by atoms with van der Waals surface area (Å²) in [5.74, 6) is 0.550. The average Bonchev–Trinajstić information content (AvgIpc) is 3.26. The van der Waals surface area contributed by atoms with Crippen molar-refractivity contribution in [3.05, 3.63) is 22.4 Å². The number of rotatable bonds is 6. The number of fused-ring (bicyclic) bond motifs is 2. The van der Waals surface area contributed by atoms with Crippen molar-refractivity contribution in [1.29, 1.82) is 0 Å². The number of hydrogen-bond acceptors (Lipinski definition) is 5. The van der Waals surface area contributed by atoms with Crippen LogP contribution in [0, 0.1) is 16.7 Å². The fraction of sp³-hybridized carbons (Fsp3) is 0.750. The van der Waals surface area contributed by atoms with Gasteiger partial charge in [0, 0.05) is 49.4 Å². The molecule has 0 spiro atoms. The van der Waals surface area contributed by atoms with Gasteiger partial charge < -0.3 is 4.90 Å². The molecule has 1 aromatic heterocycles. The molecule has 2 unspecified atom stereocenters. The van der Waals surface area contributed by atoms with E-state index in [1.807, 2.05) is 0 Å². The molecule has 4 rings (SSSR count). The van der Waals surface area contributed by atoms with Crippen molar-refractivity contribution in [3.63, 3.8) is 0 Å². The normalized spacial score (nSPS) is 31.6. The second kappa shape index (κ2) is 6.94. The Morgan fingerprint density at radius 1 is 1.22 bits per heavy atom. The van der Waals surface area contributed by atoms with Crippen molar-refractivity contribution in [2.45, 2.75) is 39.5 Å². The highest BCUT2D eigenvalue weighted by molar-refractivity contribution is 7.89. The number of piperazine rings is 1. The second-order valence-corrected chi connectivity index (χ2v) is 12.0. The van der Waals surface area contributed by atoms with Crippen LogP contribution in [0.2, 0.25) is 0 Å². The summed E-state index contributed by atoms with van der Waals surface area (Å²) in [6.45, 7) is 7.82. The molecule has 27 heavy (non-hydrogen) atoms. The van der Waals surface area contributed by atoms with Crippen molar-refractivity contribution in [1.82, 2.24) is 9.21 Å². The average molecular weight is 411 g/mol. The van der Waals surface area contributed by atoms with Crippen LogP contribution >= 0.6 is 11.3 Å². The molecule has 3 aliphatic rings. The van der Waals surface area contributed by atoms with Crippen molar-refractivity contribution >= 4 is 27.1 Å². The molecule has 0 amide bonds. The largest absolute Gasteiger partial charge is 0.300 e. The van der Waals surface area contributed by atoms with Gasteiger partial charge in [0.15, 0.2) is 0 Å². The SMILES string of the molecule is CC1(C)C2CCC1(CS(=O)(=O)N1CCN(CCc3cccs3)CC1)C(=O)C2. The zero-order chi connectivity index (χ0) is 19.3. The number of nitrogens with zero attached hydrogens (tertiary/aromatic N) is 2. The van der Waals surface area contributed by atoms with Gasteiger partial charge >= 0.3 is 0 Å². The number of ketones is 1. The molecule has 2 heterocycles. The summed E-state index contributed by atoms with van der Waals surface area (Å²) < 4.78 is 28.0. The summed E-state index contributed by atoms with van der Waals surface area (Å²) in [6.07, 6.45) is 3.32. The first-order valence-electron chi connectivity index (χ1n) is 10.0. The Bertz CT molecular complexity index is 795. The number of thiophene rings is 1. The maximum Gasteiger partial charge on any atom is 0.215 e. The standard InChI is InChI=1S/C20H30N2O3S2/c1-19(2)16-5-7-20(19,18(23)14-16)15-27(24,25)22-11-9-21(10-12-22)8-6-17-4-3-13-26-17/h3-4,13,16H,5-12,14-15H2,1-2H3. The number of carbonyl (C=O) groups excluding carboxylic acids is 1. The molecule has 1 aliphatic heterocycles. The summed E-state index contributed by atoms with van der Waals surface area (Å²) in [4.78, 5) is 16.4. The number of Topliss-reactive ketones (excluding diaryl/α,β-unsaturated/α-hetero) is 1. The smallest absolute Gasteiger partial charge is 0.215 e. The van der Waals surface area contributed by atoms with E-state index in [0.29, 0.717) is 25.4 Å². The predicted molar refractivity (Wildman–Crippen MR) is 108 cm³/mol. The lowest BCUT2D eigenvalue weighted by atomic mass is 9.70. The van der Waals surface area contributed by atoms with Gasteiger partial charge in [-0.1, -0.05) is 19.9 Å². The van der Waals surface area contributed by atoms with Crippen LogP contribution in [-0.2, 0) is 21.2 Å². The summed E-state index contributed by atoms with van der Waals surface area (Å²) in [7, 11) is -3.41. The Hall–Kier alpha value is -0.760. The van der Waals surface area contributed by atoms with Crippen LogP contribution in [0.5, 0.6) is 0 Å². The molecule has 2 bridgehead atoms. The van der Waals surface area contributed by atoms with E-state index < -0.39 is 15.4 Å². The zero-order valence-corrected chi connectivity index (χ0v) is 17.9. The highest BCUT2D eigenvalue weighted by Gasteiger charge is 2.65. The monoisotopic (exact) mass is 410 g/mol. The van der Waals surface area contributed by atoms with Gasteiger partial charge in [-0.25, -0.2) is 8.42 Å². The van der Waals surface area contributed by atoms with Crippen LogP contribution in [0.4, 0.5) is 0 Å². The van der Waals surface area contributed by atoms with Crippen LogP contribution in [-0.4, -0.2) is 61.9 Å². The van der Waals surface area contributed by atoms with Crippen LogP contribution < -0.4 is 0 Å². The van der Waals surface area contributed by atoms with E-state index in [1.54, 1.807) is 15.6 Å². The highest BCUT2D eigenvalue weighted by Crippen LogP contribution is 2.64. The Morgan fingerprint density at radius 3 is 2.52 bits per heavy atom. The molecule has 1 aromatic rings. The van der Waals surface area contributed by atoms with Crippen LogP contribution in [0.25, 0.3) is 0 Å². The molecule has 0 radical (unpaired) electrons. The van der Waals surface area contributed by atoms with Gasteiger partial charge in [0.2, 0.25) is 10.0 Å². The summed E-state index contributed by atoms with van der Waals surface area (Å²) in [5.41, 5.74) is -0.855. The van der Waals surface area contributed by atoms with Crippen LogP contribution in [0.15, 0.2) is 17.5 Å². The molecule has 150 valence electrons. The molecule has 7 heteroatoms. The quantitative estimate of drug-likeness (QED) is 0.723. The van der Waals surface area contributed by atoms with E-state index >= 15 is 0 Å². The van der Waals surface area contributed by atoms with E-state index in [4.69, 9.17) is 0 Å². The van der Waals surface area contributed by atoms with Gasteiger partial charge in [-0.15, -0.1) is 11.3 Å². The van der Waals surface area contributed by atoms with Gasteiger partial charge in [0.05, 0.1) is 5.75 Å². The van der Waals surface area contributed by atoms with Crippen molar-refractivity contribution in [2.75, 3.05) is 38.5 Å². The molecule has 2 aliphatic carbocycles. The minimum absolute atomic E-state index is 0.0114. The predicted octanol–water partition coefficient (Wildman–Crippen LogP) is 2.63. The molecule has 3 fully saturated rings. The van der Waals surface area contributed by atoms with E-state index in [9.17, 15) is 13.2 Å². The first kappa shape index (κ1) is 19.6. The van der Waals surface area contributed by atoms with E-state index in [1.165, 1.54) is 4.88 Å². The lowest BCUT2D eigenvalue weighted by Crippen LogP contribution is -2.52. The van der Waals surface area contributed by atoms with Gasteiger partial charge in [-0.05, 0) is 42.0 Å². The van der Waals surface area contributed by atoms with E-state index in [0.717, 1.165) is 38.9 Å². The summed E-state index contributed by atoms with van der Waals surface area (Å²) >= 11 is 1.78. The summed E-state index contributed by atoms with van der Waals surface area (Å²) in [5, 5.41) is 2.10. The van der Waals surface area contributed by atoms with Gasteiger partial charge in [0.25, 0.3) is 0 Å².